The van der Waals surface area contributed by atoms with E-state index in [4.69, 9.17) is 0 Å². The Hall–Kier alpha value is -1.22. The van der Waals surface area contributed by atoms with Crippen LogP contribution in [-0.2, 0) is 11.3 Å². The monoisotopic (exact) mass is 206 g/mol. The zero-order valence-electron chi connectivity index (χ0n) is 9.60. The third-order valence-corrected chi connectivity index (χ3v) is 2.20. The molecule has 0 unspecified atom stereocenters. The summed E-state index contributed by atoms with van der Waals surface area (Å²) < 4.78 is 0. The smallest absolute Gasteiger partial charge is 0.126 e. The molecule has 82 valence electrons. The lowest BCUT2D eigenvalue weighted by Gasteiger charge is -2.25. The van der Waals surface area contributed by atoms with Gasteiger partial charge in [0.1, 0.15) is 6.29 Å². The number of aldehydes is 1. The molecule has 0 aliphatic heterocycles. The van der Waals surface area contributed by atoms with Crippen LogP contribution in [0.4, 0.5) is 0 Å². The summed E-state index contributed by atoms with van der Waals surface area (Å²) in [5, 5.41) is 0. The van der Waals surface area contributed by atoms with Crippen LogP contribution in [0.2, 0.25) is 0 Å². The Bertz CT molecular complexity index is 309. The summed E-state index contributed by atoms with van der Waals surface area (Å²) in [7, 11) is 2.02. The number of aromatic nitrogens is 1. The lowest BCUT2D eigenvalue weighted by molar-refractivity contribution is -0.115. The molecule has 1 aromatic heterocycles. The minimum atomic E-state index is -0.276. The summed E-state index contributed by atoms with van der Waals surface area (Å²) in [4.78, 5) is 16.9. The van der Waals surface area contributed by atoms with Gasteiger partial charge in [-0.15, -0.1) is 0 Å². The van der Waals surface area contributed by atoms with E-state index in [-0.39, 0.29) is 5.41 Å². The highest BCUT2D eigenvalue weighted by molar-refractivity contribution is 5.58. The van der Waals surface area contributed by atoms with Crippen LogP contribution in [0.15, 0.2) is 24.5 Å². The van der Waals surface area contributed by atoms with Crippen LogP contribution in [0.5, 0.6) is 0 Å². The number of carbonyl (C=O) groups excluding carboxylic acids is 1. The lowest BCUT2D eigenvalue weighted by Crippen LogP contribution is -2.32. The largest absolute Gasteiger partial charge is 0.303 e. The zero-order chi connectivity index (χ0) is 11.3. The standard InChI is InChI=1S/C12H18N2O/c1-12(2,10-15)9-14(3)8-11-4-6-13-7-5-11/h4-7,10H,8-9H2,1-3H3. The van der Waals surface area contributed by atoms with Gasteiger partial charge in [-0.1, -0.05) is 13.8 Å². The topological polar surface area (TPSA) is 33.2 Å². The SMILES string of the molecule is CN(Cc1ccncc1)CC(C)(C)C=O. The number of pyridine rings is 1. The van der Waals surface area contributed by atoms with E-state index in [0.717, 1.165) is 19.4 Å². The number of nitrogens with zero attached hydrogens (tertiary/aromatic N) is 2. The molecule has 15 heavy (non-hydrogen) atoms. The van der Waals surface area contributed by atoms with E-state index in [1.807, 2.05) is 33.0 Å². The van der Waals surface area contributed by atoms with Gasteiger partial charge in [-0.25, -0.2) is 0 Å². The van der Waals surface area contributed by atoms with Crippen molar-refractivity contribution in [1.29, 1.82) is 0 Å². The Kier molecular flexibility index (Phi) is 3.97. The minimum Gasteiger partial charge on any atom is -0.303 e. The Balaban J connectivity index is 2.50. The van der Waals surface area contributed by atoms with Crippen molar-refractivity contribution in [2.45, 2.75) is 20.4 Å². The fourth-order valence-electron chi connectivity index (χ4n) is 1.59. The molecule has 0 bridgehead atoms. The average molecular weight is 206 g/mol. The summed E-state index contributed by atoms with van der Waals surface area (Å²) in [5.41, 5.74) is 0.941. The average Bonchev–Trinajstić information content (AvgIpc) is 2.18. The maximum Gasteiger partial charge on any atom is 0.126 e. The fourth-order valence-corrected chi connectivity index (χ4v) is 1.59. The molecule has 0 aliphatic rings. The lowest BCUT2D eigenvalue weighted by atomic mass is 9.95. The number of hydrogen-bond acceptors (Lipinski definition) is 3. The molecule has 0 spiro atoms. The first-order chi connectivity index (χ1) is 7.03. The van der Waals surface area contributed by atoms with Crippen LogP contribution in [0.25, 0.3) is 0 Å². The van der Waals surface area contributed by atoms with Gasteiger partial charge >= 0.3 is 0 Å². The molecule has 0 radical (unpaired) electrons. The highest BCUT2D eigenvalue weighted by Crippen LogP contribution is 2.13. The van der Waals surface area contributed by atoms with E-state index in [2.05, 4.69) is 9.88 Å². The first kappa shape index (κ1) is 11.9. The van der Waals surface area contributed by atoms with Crippen molar-refractivity contribution in [3.63, 3.8) is 0 Å². The molecule has 0 saturated heterocycles. The predicted molar refractivity (Wildman–Crippen MR) is 60.4 cm³/mol. The van der Waals surface area contributed by atoms with Gasteiger partial charge in [0.2, 0.25) is 0 Å². The molecular formula is C12H18N2O. The van der Waals surface area contributed by atoms with Gasteiger partial charge in [0, 0.05) is 30.9 Å². The van der Waals surface area contributed by atoms with Gasteiger partial charge in [-0.05, 0) is 24.7 Å². The van der Waals surface area contributed by atoms with Crippen LogP contribution in [0.3, 0.4) is 0 Å². The number of carbonyl (C=O) groups is 1. The molecule has 0 aliphatic carbocycles. The number of rotatable bonds is 5. The third kappa shape index (κ3) is 4.21. The molecular weight excluding hydrogens is 188 g/mol. The van der Waals surface area contributed by atoms with E-state index in [1.165, 1.54) is 5.56 Å². The third-order valence-electron chi connectivity index (χ3n) is 2.20. The van der Waals surface area contributed by atoms with E-state index in [9.17, 15) is 4.79 Å². The van der Waals surface area contributed by atoms with Crippen molar-refractivity contribution < 1.29 is 4.79 Å². The highest BCUT2D eigenvalue weighted by Gasteiger charge is 2.18. The molecule has 3 nitrogen and oxygen atoms in total. The molecule has 1 aromatic rings. The maximum absolute atomic E-state index is 10.8. The van der Waals surface area contributed by atoms with E-state index in [0.29, 0.717) is 0 Å². The second-order valence-corrected chi connectivity index (χ2v) is 4.63. The zero-order valence-corrected chi connectivity index (χ0v) is 9.60. The first-order valence-electron chi connectivity index (χ1n) is 5.07. The molecule has 0 atom stereocenters. The fraction of sp³-hybridized carbons (Fsp3) is 0.500. The molecule has 3 heteroatoms. The van der Waals surface area contributed by atoms with Crippen molar-refractivity contribution in [2.75, 3.05) is 13.6 Å². The van der Waals surface area contributed by atoms with Gasteiger partial charge in [-0.2, -0.15) is 0 Å². The Morgan fingerprint density at radius 1 is 1.40 bits per heavy atom. The molecule has 1 heterocycles. The molecule has 1 rings (SSSR count). The summed E-state index contributed by atoms with van der Waals surface area (Å²) in [6.07, 6.45) is 4.58. The van der Waals surface area contributed by atoms with Crippen LogP contribution in [0, 0.1) is 5.41 Å². The van der Waals surface area contributed by atoms with Crippen molar-refractivity contribution in [2.24, 2.45) is 5.41 Å². The number of hydrogen-bond donors (Lipinski definition) is 0. The summed E-state index contributed by atoms with van der Waals surface area (Å²) in [6.45, 7) is 5.50. The summed E-state index contributed by atoms with van der Waals surface area (Å²) >= 11 is 0. The Labute approximate surface area is 91.1 Å². The normalized spacial score (nSPS) is 11.7. The van der Waals surface area contributed by atoms with Crippen LogP contribution >= 0.6 is 0 Å². The second-order valence-electron chi connectivity index (χ2n) is 4.63. The summed E-state index contributed by atoms with van der Waals surface area (Å²) in [5.74, 6) is 0. The van der Waals surface area contributed by atoms with E-state index in [1.54, 1.807) is 12.4 Å². The van der Waals surface area contributed by atoms with Crippen molar-refractivity contribution >= 4 is 6.29 Å². The summed E-state index contributed by atoms with van der Waals surface area (Å²) in [6, 6.07) is 3.98. The van der Waals surface area contributed by atoms with Gasteiger partial charge in [0.05, 0.1) is 0 Å². The minimum absolute atomic E-state index is 0.276. The molecule has 0 amide bonds. The van der Waals surface area contributed by atoms with Crippen LogP contribution < -0.4 is 0 Å². The molecule has 0 N–H and O–H groups in total. The van der Waals surface area contributed by atoms with E-state index >= 15 is 0 Å². The first-order valence-corrected chi connectivity index (χ1v) is 5.07. The predicted octanol–water partition coefficient (Wildman–Crippen LogP) is 1.74. The second kappa shape index (κ2) is 5.03. The molecule has 0 fully saturated rings. The Morgan fingerprint density at radius 3 is 2.53 bits per heavy atom. The van der Waals surface area contributed by atoms with Crippen LogP contribution in [-0.4, -0.2) is 29.8 Å². The van der Waals surface area contributed by atoms with Gasteiger partial charge in [0.25, 0.3) is 0 Å². The molecule has 0 saturated carbocycles. The quantitative estimate of drug-likeness (QED) is 0.688. The Morgan fingerprint density at radius 2 is 2.00 bits per heavy atom. The maximum atomic E-state index is 10.8. The van der Waals surface area contributed by atoms with Crippen molar-refractivity contribution in [3.05, 3.63) is 30.1 Å². The van der Waals surface area contributed by atoms with Crippen molar-refractivity contribution in [1.82, 2.24) is 9.88 Å². The van der Waals surface area contributed by atoms with Gasteiger partial charge in [0.15, 0.2) is 0 Å². The van der Waals surface area contributed by atoms with Gasteiger partial charge < -0.3 is 9.69 Å². The highest BCUT2D eigenvalue weighted by atomic mass is 16.1. The van der Waals surface area contributed by atoms with Crippen molar-refractivity contribution in [3.8, 4) is 0 Å². The van der Waals surface area contributed by atoms with Gasteiger partial charge in [-0.3, -0.25) is 4.98 Å². The molecule has 0 aromatic carbocycles. The van der Waals surface area contributed by atoms with Crippen LogP contribution in [0.1, 0.15) is 19.4 Å². The van der Waals surface area contributed by atoms with E-state index < -0.39 is 0 Å².